The molecule has 0 radical (unpaired) electrons. The average molecular weight is 239 g/mol. The van der Waals surface area contributed by atoms with Crippen molar-refractivity contribution in [3.63, 3.8) is 0 Å². The summed E-state index contributed by atoms with van der Waals surface area (Å²) in [6.07, 6.45) is 2.49. The average Bonchev–Trinajstić information content (AvgIpc) is 3.04. The van der Waals surface area contributed by atoms with E-state index in [1.165, 1.54) is 12.8 Å². The normalized spacial score (nSPS) is 22.7. The van der Waals surface area contributed by atoms with Gasteiger partial charge in [0.15, 0.2) is 4.77 Å². The lowest BCUT2D eigenvalue weighted by molar-refractivity contribution is 0.310. The number of H-pyrrole nitrogens is 1. The van der Waals surface area contributed by atoms with Gasteiger partial charge in [0.1, 0.15) is 0 Å². The smallest absolute Gasteiger partial charge is 0.226 e. The van der Waals surface area contributed by atoms with E-state index in [-0.39, 0.29) is 0 Å². The topological polar surface area (TPSA) is 40.1 Å². The van der Waals surface area contributed by atoms with Gasteiger partial charge >= 0.3 is 0 Å². The van der Waals surface area contributed by atoms with Gasteiger partial charge in [-0.25, -0.2) is 5.10 Å². The van der Waals surface area contributed by atoms with Crippen LogP contribution in [0.3, 0.4) is 0 Å². The zero-order chi connectivity index (χ0) is 11.1. The third kappa shape index (κ3) is 1.76. The van der Waals surface area contributed by atoms with Crippen LogP contribution in [0, 0.1) is 4.77 Å². The number of likely N-dealkylation sites (N-methyl/N-ethyl adjacent to an activating group) is 1. The van der Waals surface area contributed by atoms with Crippen LogP contribution in [-0.2, 0) is 0 Å². The van der Waals surface area contributed by atoms with Crippen molar-refractivity contribution in [3.8, 4) is 0 Å². The molecule has 0 spiro atoms. The Hall–Kier alpha value is -0.880. The van der Waals surface area contributed by atoms with Crippen LogP contribution < -0.4 is 4.90 Å². The molecule has 2 aliphatic rings. The van der Waals surface area contributed by atoms with E-state index in [1.54, 1.807) is 0 Å². The van der Waals surface area contributed by atoms with Crippen LogP contribution in [0.15, 0.2) is 0 Å². The predicted molar refractivity (Wildman–Crippen MR) is 65.4 cm³/mol. The second-order valence-corrected chi connectivity index (χ2v) is 5.11. The first-order valence-electron chi connectivity index (χ1n) is 5.86. The van der Waals surface area contributed by atoms with Gasteiger partial charge in [-0.2, -0.15) is 0 Å². The molecule has 1 aromatic rings. The Morgan fingerprint density at radius 2 is 1.94 bits per heavy atom. The number of piperazine rings is 1. The van der Waals surface area contributed by atoms with E-state index in [9.17, 15) is 0 Å². The van der Waals surface area contributed by atoms with Gasteiger partial charge < -0.3 is 9.80 Å². The largest absolute Gasteiger partial charge is 0.338 e. The van der Waals surface area contributed by atoms with Crippen molar-refractivity contribution < 1.29 is 0 Å². The maximum absolute atomic E-state index is 5.29. The molecule has 6 heteroatoms. The van der Waals surface area contributed by atoms with E-state index in [4.69, 9.17) is 12.2 Å². The summed E-state index contributed by atoms with van der Waals surface area (Å²) in [5.74, 6) is 1.04. The maximum Gasteiger partial charge on any atom is 0.226 e. The van der Waals surface area contributed by atoms with Gasteiger partial charge in [-0.05, 0) is 32.1 Å². The molecule has 0 bridgehead atoms. The van der Waals surface area contributed by atoms with E-state index in [0.29, 0.717) is 6.04 Å². The lowest BCUT2D eigenvalue weighted by Gasteiger charge is -2.32. The summed E-state index contributed by atoms with van der Waals surface area (Å²) in [5, 5.41) is 7.31. The Morgan fingerprint density at radius 3 is 2.56 bits per heavy atom. The van der Waals surface area contributed by atoms with Crippen LogP contribution in [0.4, 0.5) is 5.95 Å². The van der Waals surface area contributed by atoms with Crippen molar-refractivity contribution in [2.75, 3.05) is 38.1 Å². The molecule has 0 aromatic carbocycles. The maximum atomic E-state index is 5.29. The van der Waals surface area contributed by atoms with Crippen LogP contribution in [0.2, 0.25) is 0 Å². The number of aromatic amines is 1. The molecule has 1 aliphatic carbocycles. The van der Waals surface area contributed by atoms with E-state index in [1.807, 2.05) is 0 Å². The summed E-state index contributed by atoms with van der Waals surface area (Å²) < 4.78 is 2.97. The molecule has 2 heterocycles. The number of anilines is 1. The minimum absolute atomic E-state index is 0.598. The molecule has 1 saturated carbocycles. The summed E-state index contributed by atoms with van der Waals surface area (Å²) in [6.45, 7) is 4.29. The zero-order valence-corrected chi connectivity index (χ0v) is 10.3. The van der Waals surface area contributed by atoms with Gasteiger partial charge in [-0.3, -0.25) is 4.57 Å². The highest BCUT2D eigenvalue weighted by atomic mass is 32.1. The number of hydrogen-bond acceptors (Lipinski definition) is 4. The Labute approximate surface area is 100 Å². The predicted octanol–water partition coefficient (Wildman–Crippen LogP) is 1.03. The molecule has 0 unspecified atom stereocenters. The van der Waals surface area contributed by atoms with Crippen LogP contribution in [0.1, 0.15) is 18.9 Å². The first kappa shape index (κ1) is 10.3. The second-order valence-electron chi connectivity index (χ2n) is 4.72. The molecular formula is C10H17N5S. The van der Waals surface area contributed by atoms with Crippen molar-refractivity contribution in [2.24, 2.45) is 0 Å². The van der Waals surface area contributed by atoms with Gasteiger partial charge in [-0.1, -0.05) is 0 Å². The fourth-order valence-corrected chi connectivity index (χ4v) is 2.46. The summed E-state index contributed by atoms with van der Waals surface area (Å²) in [7, 11) is 2.16. The van der Waals surface area contributed by atoms with Crippen molar-refractivity contribution in [3.05, 3.63) is 4.77 Å². The summed E-state index contributed by atoms with van der Waals surface area (Å²) in [4.78, 5) is 4.68. The lowest BCUT2D eigenvalue weighted by Crippen LogP contribution is -2.45. The third-order valence-corrected chi connectivity index (χ3v) is 3.67. The van der Waals surface area contributed by atoms with E-state index < -0.39 is 0 Å². The minimum Gasteiger partial charge on any atom is -0.338 e. The number of nitrogens with zero attached hydrogens (tertiary/aromatic N) is 4. The quantitative estimate of drug-likeness (QED) is 0.783. The van der Waals surface area contributed by atoms with Crippen molar-refractivity contribution in [2.45, 2.75) is 18.9 Å². The SMILES string of the molecule is CN1CCN(c2n[nH]c(=S)n2C2CC2)CC1. The van der Waals surface area contributed by atoms with Crippen molar-refractivity contribution >= 4 is 18.2 Å². The molecule has 3 rings (SSSR count). The second kappa shape index (κ2) is 3.85. The van der Waals surface area contributed by atoms with Crippen LogP contribution in [0.5, 0.6) is 0 Å². The highest BCUT2D eigenvalue weighted by Gasteiger charge is 2.29. The summed E-state index contributed by atoms with van der Waals surface area (Å²) >= 11 is 5.29. The molecule has 1 saturated heterocycles. The van der Waals surface area contributed by atoms with Crippen LogP contribution in [-0.4, -0.2) is 52.9 Å². The highest BCUT2D eigenvalue weighted by Crippen LogP contribution is 2.37. The van der Waals surface area contributed by atoms with Gasteiger partial charge in [0.25, 0.3) is 0 Å². The standard InChI is InChI=1S/C10H17N5S/c1-13-4-6-14(7-5-13)9-11-12-10(16)15(9)8-2-3-8/h8H,2-7H2,1H3,(H,12,16). The molecule has 0 amide bonds. The third-order valence-electron chi connectivity index (χ3n) is 3.38. The number of hydrogen-bond donors (Lipinski definition) is 1. The molecule has 1 aliphatic heterocycles. The monoisotopic (exact) mass is 239 g/mol. The minimum atomic E-state index is 0.598. The number of rotatable bonds is 2. The molecule has 88 valence electrons. The van der Waals surface area contributed by atoms with Crippen molar-refractivity contribution in [1.29, 1.82) is 0 Å². The zero-order valence-electron chi connectivity index (χ0n) is 9.52. The highest BCUT2D eigenvalue weighted by molar-refractivity contribution is 7.71. The molecular weight excluding hydrogens is 222 g/mol. The first-order chi connectivity index (χ1) is 7.75. The molecule has 1 N–H and O–H groups in total. The lowest BCUT2D eigenvalue weighted by atomic mass is 10.3. The molecule has 2 fully saturated rings. The Bertz CT molecular complexity index is 425. The number of aromatic nitrogens is 3. The van der Waals surface area contributed by atoms with Crippen LogP contribution >= 0.6 is 12.2 Å². The van der Waals surface area contributed by atoms with Crippen LogP contribution in [0.25, 0.3) is 0 Å². The molecule has 0 atom stereocenters. The first-order valence-corrected chi connectivity index (χ1v) is 6.27. The summed E-state index contributed by atoms with van der Waals surface area (Å²) in [6, 6.07) is 0.598. The van der Waals surface area contributed by atoms with Crippen molar-refractivity contribution in [1.82, 2.24) is 19.7 Å². The van der Waals surface area contributed by atoms with E-state index in [0.717, 1.165) is 36.9 Å². The summed E-state index contributed by atoms with van der Waals surface area (Å²) in [5.41, 5.74) is 0. The van der Waals surface area contributed by atoms with E-state index >= 15 is 0 Å². The molecule has 16 heavy (non-hydrogen) atoms. The Morgan fingerprint density at radius 1 is 1.25 bits per heavy atom. The fourth-order valence-electron chi connectivity index (χ4n) is 2.19. The fraction of sp³-hybridized carbons (Fsp3) is 0.800. The van der Waals surface area contributed by atoms with Gasteiger partial charge in [0.2, 0.25) is 5.95 Å². The van der Waals surface area contributed by atoms with Gasteiger partial charge in [-0.15, -0.1) is 5.10 Å². The number of nitrogens with one attached hydrogen (secondary N) is 1. The van der Waals surface area contributed by atoms with Gasteiger partial charge in [0.05, 0.1) is 0 Å². The Kier molecular flexibility index (Phi) is 2.48. The Balaban J connectivity index is 1.86. The molecule has 5 nitrogen and oxygen atoms in total. The molecule has 1 aromatic heterocycles. The van der Waals surface area contributed by atoms with Gasteiger partial charge in [0, 0.05) is 32.2 Å². The van der Waals surface area contributed by atoms with E-state index in [2.05, 4.69) is 31.6 Å².